The molecular weight excluding hydrogens is 272 g/mol. The van der Waals surface area contributed by atoms with Gasteiger partial charge in [-0.2, -0.15) is 11.8 Å². The molecule has 1 N–H and O–H groups in total. The minimum atomic E-state index is -0.302. The van der Waals surface area contributed by atoms with Crippen molar-refractivity contribution in [2.75, 3.05) is 19.3 Å². The molecule has 114 valence electrons. The lowest BCUT2D eigenvalue weighted by molar-refractivity contribution is -0.145. The van der Waals surface area contributed by atoms with Crippen LogP contribution in [0.4, 0.5) is 0 Å². The molecule has 2 rings (SSSR count). The van der Waals surface area contributed by atoms with Crippen LogP contribution in [0.3, 0.4) is 0 Å². The summed E-state index contributed by atoms with van der Waals surface area (Å²) in [7, 11) is 0. The predicted octanol–water partition coefficient (Wildman–Crippen LogP) is 2.18. The van der Waals surface area contributed by atoms with Crippen molar-refractivity contribution >= 4 is 23.6 Å². The van der Waals surface area contributed by atoms with Gasteiger partial charge in [0, 0.05) is 11.3 Å². The van der Waals surface area contributed by atoms with Crippen LogP contribution in [-0.4, -0.2) is 46.8 Å². The third-order valence-electron chi connectivity index (χ3n) is 4.53. The third kappa shape index (κ3) is 3.48. The molecule has 1 saturated heterocycles. The van der Waals surface area contributed by atoms with Crippen LogP contribution in [0.25, 0.3) is 0 Å². The lowest BCUT2D eigenvalue weighted by Gasteiger charge is -2.42. The largest absolute Gasteiger partial charge is 0.343 e. The van der Waals surface area contributed by atoms with Crippen LogP contribution in [0.5, 0.6) is 0 Å². The highest BCUT2D eigenvalue weighted by Gasteiger charge is 2.39. The number of carbonyl (C=O) groups excluding carboxylic acids is 2. The van der Waals surface area contributed by atoms with Crippen molar-refractivity contribution in [1.29, 1.82) is 0 Å². The number of hydrogen-bond donors (Lipinski definition) is 1. The van der Waals surface area contributed by atoms with Crippen molar-refractivity contribution in [2.45, 2.75) is 62.7 Å². The number of carbonyl (C=O) groups is 2. The molecule has 1 aliphatic carbocycles. The van der Waals surface area contributed by atoms with Crippen molar-refractivity contribution in [3.8, 4) is 0 Å². The molecule has 4 nitrogen and oxygen atoms in total. The second kappa shape index (κ2) is 6.83. The van der Waals surface area contributed by atoms with E-state index >= 15 is 0 Å². The zero-order valence-electron chi connectivity index (χ0n) is 12.6. The number of piperazine rings is 1. The summed E-state index contributed by atoms with van der Waals surface area (Å²) in [4.78, 5) is 26.1. The van der Waals surface area contributed by atoms with Gasteiger partial charge in [-0.3, -0.25) is 9.59 Å². The van der Waals surface area contributed by atoms with Crippen LogP contribution in [0.2, 0.25) is 0 Å². The van der Waals surface area contributed by atoms with Crippen LogP contribution in [-0.2, 0) is 9.59 Å². The van der Waals surface area contributed by atoms with E-state index < -0.39 is 0 Å². The molecule has 1 unspecified atom stereocenters. The lowest BCUT2D eigenvalue weighted by atomic mass is 9.87. The summed E-state index contributed by atoms with van der Waals surface area (Å²) in [5, 5.41) is 2.83. The molecule has 0 aromatic carbocycles. The SMILES string of the molecule is CCCC1NC(=O)CN(CC2(SC)CCCCC2)C1=O. The van der Waals surface area contributed by atoms with Gasteiger partial charge in [-0.25, -0.2) is 0 Å². The summed E-state index contributed by atoms with van der Waals surface area (Å²) in [5.41, 5.74) is 0. The molecular formula is C15H26N2O2S. The van der Waals surface area contributed by atoms with Crippen LogP contribution >= 0.6 is 11.8 Å². The van der Waals surface area contributed by atoms with Crippen molar-refractivity contribution in [3.05, 3.63) is 0 Å². The van der Waals surface area contributed by atoms with Gasteiger partial charge < -0.3 is 10.2 Å². The number of thioether (sulfide) groups is 1. The highest BCUT2D eigenvalue weighted by atomic mass is 32.2. The molecule has 2 amide bonds. The van der Waals surface area contributed by atoms with Crippen molar-refractivity contribution in [1.82, 2.24) is 10.2 Å². The molecule has 1 saturated carbocycles. The van der Waals surface area contributed by atoms with Gasteiger partial charge in [0.2, 0.25) is 11.8 Å². The molecule has 0 spiro atoms. The molecule has 2 aliphatic rings. The Morgan fingerprint density at radius 2 is 2.00 bits per heavy atom. The Kier molecular flexibility index (Phi) is 5.35. The number of rotatable bonds is 5. The fraction of sp³-hybridized carbons (Fsp3) is 0.867. The fourth-order valence-corrected chi connectivity index (χ4v) is 4.34. The molecule has 1 aliphatic heterocycles. The number of nitrogens with zero attached hydrogens (tertiary/aromatic N) is 1. The molecule has 0 radical (unpaired) electrons. The molecule has 5 heteroatoms. The van der Waals surface area contributed by atoms with Crippen LogP contribution in [0, 0.1) is 0 Å². The Bertz CT molecular complexity index is 367. The predicted molar refractivity (Wildman–Crippen MR) is 82.7 cm³/mol. The zero-order chi connectivity index (χ0) is 14.6. The Morgan fingerprint density at radius 3 is 2.60 bits per heavy atom. The maximum Gasteiger partial charge on any atom is 0.245 e. The Labute approximate surface area is 126 Å². The van der Waals surface area contributed by atoms with Gasteiger partial charge in [0.15, 0.2) is 0 Å². The van der Waals surface area contributed by atoms with Gasteiger partial charge in [-0.1, -0.05) is 32.6 Å². The summed E-state index contributed by atoms with van der Waals surface area (Å²) in [5.74, 6) is 0.112. The summed E-state index contributed by atoms with van der Waals surface area (Å²) < 4.78 is 0.169. The zero-order valence-corrected chi connectivity index (χ0v) is 13.4. The van der Waals surface area contributed by atoms with Crippen LogP contribution in [0.1, 0.15) is 51.9 Å². The van der Waals surface area contributed by atoms with Gasteiger partial charge in [0.1, 0.15) is 6.04 Å². The lowest BCUT2D eigenvalue weighted by Crippen LogP contribution is -2.60. The van der Waals surface area contributed by atoms with E-state index in [4.69, 9.17) is 0 Å². The highest BCUT2D eigenvalue weighted by molar-refractivity contribution is 8.00. The number of amides is 2. The van der Waals surface area contributed by atoms with Gasteiger partial charge >= 0.3 is 0 Å². The minimum Gasteiger partial charge on any atom is -0.343 e. The van der Waals surface area contributed by atoms with Gasteiger partial charge in [0.05, 0.1) is 6.54 Å². The first kappa shape index (κ1) is 15.7. The number of nitrogens with one attached hydrogen (secondary N) is 1. The summed E-state index contributed by atoms with van der Waals surface area (Å²) in [6.07, 6.45) is 9.92. The van der Waals surface area contributed by atoms with E-state index in [0.717, 1.165) is 32.2 Å². The maximum atomic E-state index is 12.5. The first-order chi connectivity index (χ1) is 9.60. The Morgan fingerprint density at radius 1 is 1.30 bits per heavy atom. The Balaban J connectivity index is 2.05. The second-order valence-corrected chi connectivity index (χ2v) is 7.33. The smallest absolute Gasteiger partial charge is 0.245 e. The van der Waals surface area contributed by atoms with Gasteiger partial charge in [-0.15, -0.1) is 0 Å². The monoisotopic (exact) mass is 298 g/mol. The standard InChI is InChI=1S/C15H26N2O2S/c1-3-7-12-14(19)17(10-13(18)16-12)11-15(20-2)8-5-4-6-9-15/h12H,3-11H2,1-2H3,(H,16,18). The molecule has 2 fully saturated rings. The van der Waals surface area contributed by atoms with Crippen molar-refractivity contribution in [3.63, 3.8) is 0 Å². The van der Waals surface area contributed by atoms with E-state index in [1.54, 1.807) is 4.90 Å². The van der Waals surface area contributed by atoms with Gasteiger partial charge in [0.25, 0.3) is 0 Å². The topological polar surface area (TPSA) is 49.4 Å². The average molecular weight is 298 g/mol. The number of hydrogen-bond acceptors (Lipinski definition) is 3. The molecule has 0 aromatic heterocycles. The third-order valence-corrected chi connectivity index (χ3v) is 5.94. The molecule has 0 bridgehead atoms. The van der Waals surface area contributed by atoms with Crippen LogP contribution in [0.15, 0.2) is 0 Å². The van der Waals surface area contributed by atoms with E-state index in [0.29, 0.717) is 0 Å². The summed E-state index contributed by atoms with van der Waals surface area (Å²) in [6, 6.07) is -0.302. The average Bonchev–Trinajstić information content (AvgIpc) is 2.45. The van der Waals surface area contributed by atoms with Gasteiger partial charge in [-0.05, 0) is 25.5 Å². The fourth-order valence-electron chi connectivity index (χ4n) is 3.36. The van der Waals surface area contributed by atoms with E-state index in [2.05, 4.69) is 11.6 Å². The molecule has 20 heavy (non-hydrogen) atoms. The van der Waals surface area contributed by atoms with E-state index in [1.165, 1.54) is 19.3 Å². The Hall–Kier alpha value is -0.710. The van der Waals surface area contributed by atoms with E-state index in [9.17, 15) is 9.59 Å². The first-order valence-electron chi connectivity index (χ1n) is 7.73. The van der Waals surface area contributed by atoms with Crippen LogP contribution < -0.4 is 5.32 Å². The quantitative estimate of drug-likeness (QED) is 0.846. The normalized spacial score (nSPS) is 26.5. The van der Waals surface area contributed by atoms with Crippen molar-refractivity contribution < 1.29 is 9.59 Å². The summed E-state index contributed by atoms with van der Waals surface area (Å²) >= 11 is 1.88. The van der Waals surface area contributed by atoms with E-state index in [1.807, 2.05) is 18.7 Å². The highest BCUT2D eigenvalue weighted by Crippen LogP contribution is 2.39. The molecule has 1 heterocycles. The van der Waals surface area contributed by atoms with Crippen molar-refractivity contribution in [2.24, 2.45) is 0 Å². The molecule has 0 aromatic rings. The van der Waals surface area contributed by atoms with E-state index in [-0.39, 0.29) is 29.1 Å². The minimum absolute atomic E-state index is 0.00453. The first-order valence-corrected chi connectivity index (χ1v) is 8.96. The second-order valence-electron chi connectivity index (χ2n) is 6.05. The summed E-state index contributed by atoms with van der Waals surface area (Å²) in [6.45, 7) is 3.02. The maximum absolute atomic E-state index is 12.5. The molecule has 1 atom stereocenters.